The van der Waals surface area contributed by atoms with Crippen LogP contribution in [-0.2, 0) is 0 Å². The van der Waals surface area contributed by atoms with Crippen LogP contribution in [0.3, 0.4) is 0 Å². The Hall–Kier alpha value is -2.82. The normalized spacial score (nSPS) is 12.3. The molecule has 2 aromatic carbocycles. The minimum atomic E-state index is -0.327. The van der Waals surface area contributed by atoms with Crippen LogP contribution in [0.2, 0.25) is 0 Å². The molecule has 0 aliphatic carbocycles. The number of nitrogens with zero attached hydrogens (tertiary/aromatic N) is 1. The van der Waals surface area contributed by atoms with Gasteiger partial charge in [-0.15, -0.1) is 0 Å². The average Bonchev–Trinajstić information content (AvgIpc) is 2.65. The van der Waals surface area contributed by atoms with Gasteiger partial charge < -0.3 is 4.74 Å². The topological polar surface area (TPSA) is 58.6 Å². The standard InChI is InChI=1S/C25H34N2O3/c1-9-22(25(5,6)7)27(24(29)19-14-16(2)13-17(3)15-19)26-23(28)20-11-10-12-21(30-8)18(20)4/h10-15,22H,9H2,1-8H3,(H,26,28). The summed E-state index contributed by atoms with van der Waals surface area (Å²) >= 11 is 0. The van der Waals surface area contributed by atoms with Gasteiger partial charge >= 0.3 is 0 Å². The van der Waals surface area contributed by atoms with E-state index in [1.54, 1.807) is 19.2 Å². The van der Waals surface area contributed by atoms with Crippen molar-refractivity contribution in [2.45, 2.75) is 60.9 Å². The fourth-order valence-electron chi connectivity index (χ4n) is 3.94. The predicted molar refractivity (Wildman–Crippen MR) is 121 cm³/mol. The van der Waals surface area contributed by atoms with Gasteiger partial charge in [0.25, 0.3) is 11.8 Å². The van der Waals surface area contributed by atoms with Gasteiger partial charge in [0.15, 0.2) is 0 Å². The van der Waals surface area contributed by atoms with E-state index >= 15 is 0 Å². The lowest BCUT2D eigenvalue weighted by atomic mass is 9.84. The fourth-order valence-corrected chi connectivity index (χ4v) is 3.94. The predicted octanol–water partition coefficient (Wildman–Crippen LogP) is 5.23. The Balaban J connectivity index is 2.49. The van der Waals surface area contributed by atoms with E-state index in [1.807, 2.05) is 52.0 Å². The summed E-state index contributed by atoms with van der Waals surface area (Å²) in [7, 11) is 1.58. The van der Waals surface area contributed by atoms with Gasteiger partial charge in [-0.05, 0) is 56.9 Å². The number of aryl methyl sites for hydroxylation is 2. The Morgan fingerprint density at radius 1 is 1.07 bits per heavy atom. The van der Waals surface area contributed by atoms with E-state index in [0.29, 0.717) is 23.3 Å². The molecular formula is C25H34N2O3. The van der Waals surface area contributed by atoms with Gasteiger partial charge in [-0.3, -0.25) is 15.0 Å². The lowest BCUT2D eigenvalue weighted by Gasteiger charge is -2.39. The number of nitrogens with one attached hydrogen (secondary N) is 1. The summed E-state index contributed by atoms with van der Waals surface area (Å²) in [5.74, 6) is 0.0991. The van der Waals surface area contributed by atoms with Crippen LogP contribution in [-0.4, -0.2) is 30.0 Å². The van der Waals surface area contributed by atoms with Crippen LogP contribution in [0, 0.1) is 26.2 Å². The lowest BCUT2D eigenvalue weighted by Crippen LogP contribution is -2.56. The van der Waals surface area contributed by atoms with Crippen LogP contribution < -0.4 is 10.2 Å². The Labute approximate surface area is 180 Å². The van der Waals surface area contributed by atoms with Crippen molar-refractivity contribution in [3.63, 3.8) is 0 Å². The number of benzene rings is 2. The molecule has 0 aromatic heterocycles. The summed E-state index contributed by atoms with van der Waals surface area (Å²) in [6, 6.07) is 10.9. The second-order valence-electron chi connectivity index (χ2n) is 8.92. The van der Waals surface area contributed by atoms with E-state index in [2.05, 4.69) is 26.2 Å². The summed E-state index contributed by atoms with van der Waals surface area (Å²) in [6.07, 6.45) is 0.706. The number of carbonyl (C=O) groups excluding carboxylic acids is 2. The molecule has 2 amide bonds. The highest BCUT2D eigenvalue weighted by Crippen LogP contribution is 2.28. The summed E-state index contributed by atoms with van der Waals surface area (Å²) in [5, 5.41) is 1.51. The van der Waals surface area contributed by atoms with Gasteiger partial charge in [-0.1, -0.05) is 51.0 Å². The first-order chi connectivity index (χ1) is 14.0. The molecule has 1 unspecified atom stereocenters. The smallest absolute Gasteiger partial charge is 0.272 e. The highest BCUT2D eigenvalue weighted by Gasteiger charge is 2.34. The molecule has 2 aromatic rings. The van der Waals surface area contributed by atoms with Crippen LogP contribution in [0.4, 0.5) is 0 Å². The number of methoxy groups -OCH3 is 1. The maximum atomic E-state index is 13.6. The third kappa shape index (κ3) is 5.21. The zero-order valence-corrected chi connectivity index (χ0v) is 19.4. The van der Waals surface area contributed by atoms with Gasteiger partial charge in [0.2, 0.25) is 0 Å². The molecule has 0 heterocycles. The molecule has 0 bridgehead atoms. The van der Waals surface area contributed by atoms with Crippen LogP contribution in [0.1, 0.15) is 71.5 Å². The third-order valence-electron chi connectivity index (χ3n) is 5.36. The van der Waals surface area contributed by atoms with Gasteiger partial charge in [0, 0.05) is 16.7 Å². The molecule has 0 aliphatic heterocycles. The molecule has 0 fully saturated rings. The first-order valence-corrected chi connectivity index (χ1v) is 10.4. The number of hydrogen-bond acceptors (Lipinski definition) is 3. The number of amides is 2. The van der Waals surface area contributed by atoms with Gasteiger partial charge in [-0.25, -0.2) is 5.01 Å². The van der Waals surface area contributed by atoms with E-state index < -0.39 is 0 Å². The zero-order chi connectivity index (χ0) is 22.6. The van der Waals surface area contributed by atoms with Crippen molar-refractivity contribution < 1.29 is 14.3 Å². The Morgan fingerprint density at radius 2 is 1.67 bits per heavy atom. The van der Waals surface area contributed by atoms with Gasteiger partial charge in [0.1, 0.15) is 5.75 Å². The molecule has 1 N–H and O–H groups in total. The van der Waals surface area contributed by atoms with E-state index in [9.17, 15) is 9.59 Å². The van der Waals surface area contributed by atoms with Crippen molar-refractivity contribution in [3.05, 3.63) is 64.2 Å². The molecular weight excluding hydrogens is 376 g/mol. The molecule has 0 saturated carbocycles. The minimum Gasteiger partial charge on any atom is -0.496 e. The van der Waals surface area contributed by atoms with Crippen LogP contribution >= 0.6 is 0 Å². The Bertz CT molecular complexity index is 908. The van der Waals surface area contributed by atoms with Crippen LogP contribution in [0.25, 0.3) is 0 Å². The summed E-state index contributed by atoms with van der Waals surface area (Å²) in [6.45, 7) is 14.0. The highest BCUT2D eigenvalue weighted by atomic mass is 16.5. The van der Waals surface area contributed by atoms with Crippen LogP contribution in [0.5, 0.6) is 5.75 Å². The highest BCUT2D eigenvalue weighted by molar-refractivity contribution is 6.00. The number of ether oxygens (including phenoxy) is 1. The molecule has 5 heteroatoms. The maximum absolute atomic E-state index is 13.6. The Kier molecular flexibility index (Phi) is 7.30. The quantitative estimate of drug-likeness (QED) is 0.687. The lowest BCUT2D eigenvalue weighted by molar-refractivity contribution is 0.0284. The largest absolute Gasteiger partial charge is 0.496 e. The molecule has 0 saturated heterocycles. The van der Waals surface area contributed by atoms with Crippen molar-refractivity contribution >= 4 is 11.8 Å². The molecule has 0 radical (unpaired) electrons. The molecule has 1 atom stereocenters. The SMILES string of the molecule is CCC(N(NC(=O)c1cccc(OC)c1C)C(=O)c1cc(C)cc(C)c1)C(C)(C)C. The van der Waals surface area contributed by atoms with Gasteiger partial charge in [0.05, 0.1) is 13.2 Å². The summed E-state index contributed by atoms with van der Waals surface area (Å²) < 4.78 is 5.35. The molecule has 30 heavy (non-hydrogen) atoms. The van der Waals surface area contributed by atoms with Crippen LogP contribution in [0.15, 0.2) is 36.4 Å². The molecule has 162 valence electrons. The first kappa shape index (κ1) is 23.5. The van der Waals surface area contributed by atoms with Crippen molar-refractivity contribution in [1.29, 1.82) is 0 Å². The van der Waals surface area contributed by atoms with E-state index in [1.165, 1.54) is 5.01 Å². The van der Waals surface area contributed by atoms with E-state index in [4.69, 9.17) is 4.74 Å². The monoisotopic (exact) mass is 410 g/mol. The second-order valence-corrected chi connectivity index (χ2v) is 8.92. The first-order valence-electron chi connectivity index (χ1n) is 10.4. The van der Waals surface area contributed by atoms with Gasteiger partial charge in [-0.2, -0.15) is 0 Å². The molecule has 2 rings (SSSR count). The minimum absolute atomic E-state index is 0.180. The number of hydrogen-bond donors (Lipinski definition) is 1. The number of rotatable bonds is 5. The summed E-state index contributed by atoms with van der Waals surface area (Å²) in [5.41, 5.74) is 6.50. The number of carbonyl (C=O) groups is 2. The molecule has 0 aliphatic rings. The van der Waals surface area contributed by atoms with E-state index in [0.717, 1.165) is 16.7 Å². The number of hydrazine groups is 1. The van der Waals surface area contributed by atoms with Crippen molar-refractivity contribution in [2.24, 2.45) is 5.41 Å². The third-order valence-corrected chi connectivity index (χ3v) is 5.36. The van der Waals surface area contributed by atoms with Crippen molar-refractivity contribution in [1.82, 2.24) is 10.4 Å². The summed E-state index contributed by atoms with van der Waals surface area (Å²) in [4.78, 5) is 26.8. The molecule has 5 nitrogen and oxygen atoms in total. The zero-order valence-electron chi connectivity index (χ0n) is 19.4. The fraction of sp³-hybridized carbons (Fsp3) is 0.440. The van der Waals surface area contributed by atoms with Crippen molar-refractivity contribution in [3.8, 4) is 5.75 Å². The maximum Gasteiger partial charge on any atom is 0.272 e. The second kappa shape index (κ2) is 9.33. The van der Waals surface area contributed by atoms with E-state index in [-0.39, 0.29) is 23.3 Å². The van der Waals surface area contributed by atoms with Crippen molar-refractivity contribution in [2.75, 3.05) is 7.11 Å². The molecule has 0 spiro atoms. The Morgan fingerprint density at radius 3 is 2.17 bits per heavy atom. The average molecular weight is 411 g/mol.